The summed E-state index contributed by atoms with van der Waals surface area (Å²) < 4.78 is 28.9. The lowest BCUT2D eigenvalue weighted by molar-refractivity contribution is -0.203. The SMILES string of the molecule is C=CCC(C(=O)O)C(CC=C)(C(=O)O)S(=O)(=O)O.CCCCCCCCCc1c2cccc1OOCC2. The van der Waals surface area contributed by atoms with E-state index in [2.05, 4.69) is 32.2 Å². The smallest absolute Gasteiger partial charge is 0.328 e. The van der Waals surface area contributed by atoms with Crippen LogP contribution in [0.1, 0.15) is 75.8 Å². The van der Waals surface area contributed by atoms with Crippen LogP contribution in [0.15, 0.2) is 43.5 Å². The Morgan fingerprint density at radius 2 is 1.73 bits per heavy atom. The minimum Gasteiger partial charge on any atom is -0.481 e. The van der Waals surface area contributed by atoms with E-state index in [-0.39, 0.29) is 0 Å². The molecule has 1 aromatic rings. The number of aliphatic carboxylic acids is 2. The number of carbonyl (C=O) groups is 2. The molecule has 0 aliphatic carbocycles. The quantitative estimate of drug-likeness (QED) is 0.108. The molecule has 2 unspecified atom stereocenters. The maximum absolute atomic E-state index is 11.3. The van der Waals surface area contributed by atoms with Crippen molar-refractivity contribution < 1.29 is 42.5 Å². The molecule has 0 fully saturated rings. The first-order valence-corrected chi connectivity index (χ1v) is 14.1. The van der Waals surface area contributed by atoms with Crippen molar-refractivity contribution in [2.45, 2.75) is 82.3 Å². The number of hydrogen-bond donors (Lipinski definition) is 3. The number of fused-ring (bicyclic) bond motifs is 2. The predicted molar refractivity (Wildman–Crippen MR) is 141 cm³/mol. The Morgan fingerprint density at radius 1 is 1.08 bits per heavy atom. The van der Waals surface area contributed by atoms with E-state index in [1.165, 1.54) is 56.1 Å². The van der Waals surface area contributed by atoms with Gasteiger partial charge in [0.25, 0.3) is 10.1 Å². The van der Waals surface area contributed by atoms with Crippen LogP contribution < -0.4 is 4.89 Å². The zero-order chi connectivity index (χ0) is 27.9. The third-order valence-corrected chi connectivity index (χ3v) is 7.94. The van der Waals surface area contributed by atoms with E-state index < -0.39 is 45.6 Å². The molecule has 208 valence electrons. The van der Waals surface area contributed by atoms with Crippen molar-refractivity contribution in [3.63, 3.8) is 0 Å². The monoisotopic (exact) mass is 540 g/mol. The summed E-state index contributed by atoms with van der Waals surface area (Å²) in [5.41, 5.74) is 2.77. The van der Waals surface area contributed by atoms with Crippen LogP contribution in [0.4, 0.5) is 0 Å². The average Bonchev–Trinajstić information content (AvgIpc) is 2.93. The molecule has 0 spiro atoms. The van der Waals surface area contributed by atoms with E-state index >= 15 is 0 Å². The summed E-state index contributed by atoms with van der Waals surface area (Å²) in [6.07, 6.45) is 12.4. The van der Waals surface area contributed by atoms with Crippen LogP contribution in [0.25, 0.3) is 0 Å². The molecule has 1 aliphatic heterocycles. The van der Waals surface area contributed by atoms with Crippen LogP contribution >= 0.6 is 0 Å². The fourth-order valence-corrected chi connectivity index (χ4v) is 5.47. The van der Waals surface area contributed by atoms with Gasteiger partial charge >= 0.3 is 11.9 Å². The van der Waals surface area contributed by atoms with Crippen LogP contribution in [0, 0.1) is 5.92 Å². The number of carboxylic acids is 2. The maximum atomic E-state index is 11.3. The van der Waals surface area contributed by atoms with Crippen molar-refractivity contribution in [1.82, 2.24) is 0 Å². The third kappa shape index (κ3) is 9.28. The van der Waals surface area contributed by atoms with E-state index in [4.69, 9.17) is 24.5 Å². The minimum absolute atomic E-state index is 0.421. The van der Waals surface area contributed by atoms with Crippen LogP contribution in [0.2, 0.25) is 0 Å². The lowest BCUT2D eigenvalue weighted by Crippen LogP contribution is -2.54. The predicted octanol–water partition coefficient (Wildman–Crippen LogP) is 5.40. The lowest BCUT2D eigenvalue weighted by atomic mass is 9.86. The van der Waals surface area contributed by atoms with E-state index in [0.29, 0.717) is 6.61 Å². The van der Waals surface area contributed by atoms with E-state index in [1.54, 1.807) is 0 Å². The summed E-state index contributed by atoms with van der Waals surface area (Å²) in [6.45, 7) is 9.36. The summed E-state index contributed by atoms with van der Waals surface area (Å²) in [6, 6.07) is 6.29. The highest BCUT2D eigenvalue weighted by Gasteiger charge is 2.58. The Bertz CT molecular complexity index is 979. The van der Waals surface area contributed by atoms with Crippen molar-refractivity contribution in [1.29, 1.82) is 0 Å². The van der Waals surface area contributed by atoms with Gasteiger partial charge in [0, 0.05) is 12.0 Å². The number of allylic oxidation sites excluding steroid dienone is 2. The van der Waals surface area contributed by atoms with Crippen molar-refractivity contribution in [2.75, 3.05) is 6.61 Å². The minimum atomic E-state index is -5.15. The van der Waals surface area contributed by atoms with Gasteiger partial charge in [0.15, 0.2) is 5.75 Å². The Hall–Kier alpha value is -2.69. The second-order valence-corrected chi connectivity index (χ2v) is 10.7. The molecule has 2 rings (SSSR count). The zero-order valence-electron chi connectivity index (χ0n) is 21.6. The van der Waals surface area contributed by atoms with Gasteiger partial charge in [-0.05, 0) is 37.3 Å². The second kappa shape index (κ2) is 16.2. The molecule has 0 saturated heterocycles. The van der Waals surface area contributed by atoms with E-state index in [1.807, 2.05) is 6.07 Å². The number of unbranched alkanes of at least 4 members (excludes halogenated alkanes) is 6. The standard InChI is InChI=1S/C17H26O2.C10H14O7S/c1-2-3-4-5-6-7-8-11-16-15-10-9-12-17(16)19-18-14-13-15;1-3-5-7(8(11)12)10(6-4-2,9(13)14)18(15,16)17/h9-10,12H,2-8,11,13-14H2,1H3;3-4,7H,1-2,5-6H2,(H,11,12)(H,13,14)(H,15,16,17). The van der Waals surface area contributed by atoms with Gasteiger partial charge in [-0.25, -0.2) is 0 Å². The first kappa shape index (κ1) is 32.3. The highest BCUT2D eigenvalue weighted by Crippen LogP contribution is 2.34. The molecule has 0 aromatic heterocycles. The van der Waals surface area contributed by atoms with Crippen LogP contribution in [-0.2, 0) is 37.4 Å². The molecule has 10 heteroatoms. The summed E-state index contributed by atoms with van der Waals surface area (Å²) in [5.74, 6) is -4.53. The molecular weight excluding hydrogens is 500 g/mol. The largest absolute Gasteiger partial charge is 0.481 e. The molecule has 1 aliphatic rings. The highest BCUT2D eigenvalue weighted by atomic mass is 32.2. The van der Waals surface area contributed by atoms with Crippen molar-refractivity contribution in [3.05, 3.63) is 54.6 Å². The van der Waals surface area contributed by atoms with Crippen molar-refractivity contribution >= 4 is 22.1 Å². The Balaban J connectivity index is 0.000000371. The van der Waals surface area contributed by atoms with Gasteiger partial charge < -0.3 is 15.1 Å². The van der Waals surface area contributed by atoms with Crippen LogP contribution in [-0.4, -0.2) is 46.5 Å². The van der Waals surface area contributed by atoms with Gasteiger partial charge in [0.05, 0.1) is 12.5 Å². The molecule has 37 heavy (non-hydrogen) atoms. The third-order valence-electron chi connectivity index (χ3n) is 6.40. The number of carboxylic acid groups (broad SMARTS) is 2. The van der Waals surface area contributed by atoms with Gasteiger partial charge in [-0.2, -0.15) is 13.3 Å². The number of benzene rings is 1. The summed E-state index contributed by atoms with van der Waals surface area (Å²) in [5, 5.41) is 18.0. The molecule has 2 bridgehead atoms. The summed E-state index contributed by atoms with van der Waals surface area (Å²) in [7, 11) is -5.15. The lowest BCUT2D eigenvalue weighted by Gasteiger charge is -2.30. The van der Waals surface area contributed by atoms with E-state index in [9.17, 15) is 18.0 Å². The van der Waals surface area contributed by atoms with Crippen molar-refractivity contribution in [2.24, 2.45) is 5.92 Å². The van der Waals surface area contributed by atoms with Gasteiger partial charge in [-0.15, -0.1) is 13.2 Å². The molecule has 0 amide bonds. The zero-order valence-corrected chi connectivity index (χ0v) is 22.4. The van der Waals surface area contributed by atoms with Crippen LogP contribution in [0.3, 0.4) is 0 Å². The van der Waals surface area contributed by atoms with Gasteiger partial charge in [0.1, 0.15) is 0 Å². The average molecular weight is 541 g/mol. The normalized spacial score (nSPS) is 15.1. The highest BCUT2D eigenvalue weighted by molar-refractivity contribution is 7.88. The fraction of sp³-hybridized carbons (Fsp3) is 0.556. The first-order chi connectivity index (χ1) is 17.6. The maximum Gasteiger partial charge on any atom is 0.328 e. The number of hydrogen-bond acceptors (Lipinski definition) is 6. The molecule has 3 N–H and O–H groups in total. The summed E-state index contributed by atoms with van der Waals surface area (Å²) in [4.78, 5) is 32.7. The molecule has 0 radical (unpaired) electrons. The van der Waals surface area contributed by atoms with Crippen LogP contribution in [0.5, 0.6) is 5.75 Å². The van der Waals surface area contributed by atoms with Gasteiger partial charge in [0.2, 0.25) is 4.75 Å². The molecule has 0 saturated carbocycles. The first-order valence-electron chi connectivity index (χ1n) is 12.6. The molecule has 2 atom stereocenters. The Labute approximate surface area is 219 Å². The number of rotatable bonds is 16. The summed E-state index contributed by atoms with van der Waals surface area (Å²) >= 11 is 0. The Kier molecular flexibility index (Phi) is 14.2. The Morgan fingerprint density at radius 3 is 2.27 bits per heavy atom. The van der Waals surface area contributed by atoms with Crippen molar-refractivity contribution in [3.8, 4) is 5.75 Å². The molecule has 1 heterocycles. The molecular formula is C27H40O9S. The topological polar surface area (TPSA) is 147 Å². The van der Waals surface area contributed by atoms with Gasteiger partial charge in [-0.1, -0.05) is 69.7 Å². The van der Waals surface area contributed by atoms with E-state index in [0.717, 1.165) is 30.7 Å². The second-order valence-electron chi connectivity index (χ2n) is 9.00. The molecule has 1 aromatic carbocycles. The molecule has 9 nitrogen and oxygen atoms in total. The fourth-order valence-electron chi connectivity index (χ4n) is 4.37. The van der Waals surface area contributed by atoms with Gasteiger partial charge in [-0.3, -0.25) is 14.1 Å².